The molecule has 1 fully saturated rings. The molecule has 1 unspecified atom stereocenters. The summed E-state index contributed by atoms with van der Waals surface area (Å²) in [5.74, 6) is 0.530. The van der Waals surface area contributed by atoms with Crippen molar-refractivity contribution < 1.29 is 14.3 Å². The SMILES string of the molecule is O=C(NCCCOCC1CCOC1)c1ccc(I)cc1. The first kappa shape index (κ1) is 15.7. The van der Waals surface area contributed by atoms with Crippen molar-refractivity contribution >= 4 is 28.5 Å². The summed E-state index contributed by atoms with van der Waals surface area (Å²) >= 11 is 2.22. The fourth-order valence-electron chi connectivity index (χ4n) is 2.04. The van der Waals surface area contributed by atoms with Gasteiger partial charge in [-0.2, -0.15) is 0 Å². The Hall–Kier alpha value is -0.660. The molecule has 0 bridgehead atoms. The van der Waals surface area contributed by atoms with Gasteiger partial charge in [0.05, 0.1) is 13.2 Å². The van der Waals surface area contributed by atoms with Gasteiger partial charge in [-0.15, -0.1) is 0 Å². The Labute approximate surface area is 133 Å². The van der Waals surface area contributed by atoms with Crippen molar-refractivity contribution in [2.24, 2.45) is 5.92 Å². The first-order chi connectivity index (χ1) is 9.75. The molecule has 1 N–H and O–H groups in total. The van der Waals surface area contributed by atoms with E-state index >= 15 is 0 Å². The van der Waals surface area contributed by atoms with Crippen molar-refractivity contribution in [1.82, 2.24) is 5.32 Å². The number of amides is 1. The van der Waals surface area contributed by atoms with Gasteiger partial charge in [-0.25, -0.2) is 0 Å². The van der Waals surface area contributed by atoms with Crippen LogP contribution in [0.5, 0.6) is 0 Å². The smallest absolute Gasteiger partial charge is 0.251 e. The monoisotopic (exact) mass is 389 g/mol. The van der Waals surface area contributed by atoms with Gasteiger partial charge in [0, 0.05) is 34.8 Å². The molecule has 1 saturated heterocycles. The summed E-state index contributed by atoms with van der Waals surface area (Å²) in [6, 6.07) is 7.55. The molecular formula is C15H20INO3. The largest absolute Gasteiger partial charge is 0.381 e. The highest BCUT2D eigenvalue weighted by Gasteiger charge is 2.15. The molecule has 0 aliphatic carbocycles. The van der Waals surface area contributed by atoms with E-state index in [0.717, 1.165) is 36.2 Å². The minimum Gasteiger partial charge on any atom is -0.381 e. The molecule has 2 rings (SSSR count). The normalized spacial score (nSPS) is 18.1. The maximum absolute atomic E-state index is 11.8. The first-order valence-corrected chi connectivity index (χ1v) is 8.03. The van der Waals surface area contributed by atoms with Crippen LogP contribution in [0.3, 0.4) is 0 Å². The second-order valence-corrected chi connectivity index (χ2v) is 6.17. The highest BCUT2D eigenvalue weighted by atomic mass is 127. The number of nitrogens with one attached hydrogen (secondary N) is 1. The van der Waals surface area contributed by atoms with Gasteiger partial charge in [-0.3, -0.25) is 4.79 Å². The van der Waals surface area contributed by atoms with Crippen LogP contribution in [0.15, 0.2) is 24.3 Å². The van der Waals surface area contributed by atoms with Crippen LogP contribution in [0.2, 0.25) is 0 Å². The van der Waals surface area contributed by atoms with Crippen LogP contribution in [0, 0.1) is 9.49 Å². The molecular weight excluding hydrogens is 369 g/mol. The van der Waals surface area contributed by atoms with Crippen molar-refractivity contribution in [2.45, 2.75) is 12.8 Å². The summed E-state index contributed by atoms with van der Waals surface area (Å²) in [5, 5.41) is 2.90. The van der Waals surface area contributed by atoms with E-state index in [-0.39, 0.29) is 5.91 Å². The van der Waals surface area contributed by atoms with Crippen LogP contribution in [-0.2, 0) is 9.47 Å². The Morgan fingerprint density at radius 2 is 2.20 bits per heavy atom. The second kappa shape index (κ2) is 8.59. The topological polar surface area (TPSA) is 47.6 Å². The fourth-order valence-corrected chi connectivity index (χ4v) is 2.40. The minimum absolute atomic E-state index is 0.0226. The van der Waals surface area contributed by atoms with Crippen LogP contribution in [0.25, 0.3) is 0 Å². The van der Waals surface area contributed by atoms with Gasteiger partial charge >= 0.3 is 0 Å². The molecule has 1 heterocycles. The maximum Gasteiger partial charge on any atom is 0.251 e. The van der Waals surface area contributed by atoms with Gasteiger partial charge in [-0.1, -0.05) is 0 Å². The van der Waals surface area contributed by atoms with Crippen LogP contribution in [-0.4, -0.2) is 38.9 Å². The van der Waals surface area contributed by atoms with Crippen molar-refractivity contribution in [3.05, 3.63) is 33.4 Å². The van der Waals surface area contributed by atoms with Crippen molar-refractivity contribution in [3.8, 4) is 0 Å². The molecule has 0 saturated carbocycles. The highest BCUT2D eigenvalue weighted by Crippen LogP contribution is 2.12. The van der Waals surface area contributed by atoms with E-state index in [1.54, 1.807) is 0 Å². The van der Waals surface area contributed by atoms with Crippen molar-refractivity contribution in [2.75, 3.05) is 33.0 Å². The second-order valence-electron chi connectivity index (χ2n) is 4.92. The number of rotatable bonds is 7. The number of carbonyl (C=O) groups excluding carboxylic acids is 1. The third kappa shape index (κ3) is 5.38. The predicted octanol–water partition coefficient (Wildman–Crippen LogP) is 2.46. The standard InChI is InChI=1S/C15H20INO3/c16-14-4-2-13(3-5-14)15(18)17-7-1-8-19-10-12-6-9-20-11-12/h2-5,12H,1,6-11H2,(H,17,18). The molecule has 0 radical (unpaired) electrons. The zero-order valence-electron chi connectivity index (χ0n) is 11.4. The lowest BCUT2D eigenvalue weighted by molar-refractivity contribution is 0.0853. The summed E-state index contributed by atoms with van der Waals surface area (Å²) in [4.78, 5) is 11.8. The Morgan fingerprint density at radius 3 is 2.90 bits per heavy atom. The molecule has 0 aromatic heterocycles. The summed E-state index contributed by atoms with van der Waals surface area (Å²) in [5.41, 5.74) is 0.703. The van der Waals surface area contributed by atoms with Crippen LogP contribution < -0.4 is 5.32 Å². The first-order valence-electron chi connectivity index (χ1n) is 6.95. The summed E-state index contributed by atoms with van der Waals surface area (Å²) in [6.45, 7) is 3.78. The number of benzene rings is 1. The molecule has 4 nitrogen and oxygen atoms in total. The van der Waals surface area contributed by atoms with Gasteiger partial charge in [0.1, 0.15) is 0 Å². The zero-order valence-corrected chi connectivity index (χ0v) is 13.6. The molecule has 0 spiro atoms. The third-order valence-corrected chi connectivity index (χ3v) is 3.95. The average Bonchev–Trinajstić information content (AvgIpc) is 2.96. The van der Waals surface area contributed by atoms with E-state index in [1.165, 1.54) is 0 Å². The molecule has 1 atom stereocenters. The van der Waals surface area contributed by atoms with Crippen molar-refractivity contribution in [1.29, 1.82) is 0 Å². The van der Waals surface area contributed by atoms with Crippen LogP contribution >= 0.6 is 22.6 Å². The summed E-state index contributed by atoms with van der Waals surface area (Å²) < 4.78 is 12.0. The minimum atomic E-state index is -0.0226. The molecule has 1 amide bonds. The molecule has 1 aliphatic rings. The Morgan fingerprint density at radius 1 is 1.40 bits per heavy atom. The molecule has 1 aromatic rings. The van der Waals surface area contributed by atoms with Crippen LogP contribution in [0.1, 0.15) is 23.2 Å². The molecule has 20 heavy (non-hydrogen) atoms. The third-order valence-electron chi connectivity index (χ3n) is 3.23. The Bertz CT molecular complexity index is 416. The van der Waals surface area contributed by atoms with E-state index in [4.69, 9.17) is 9.47 Å². The number of hydrogen-bond acceptors (Lipinski definition) is 3. The van der Waals surface area contributed by atoms with E-state index in [2.05, 4.69) is 27.9 Å². The summed E-state index contributed by atoms with van der Waals surface area (Å²) in [6.07, 6.45) is 1.94. The van der Waals surface area contributed by atoms with E-state index in [1.807, 2.05) is 24.3 Å². The number of ether oxygens (including phenoxy) is 2. The lowest BCUT2D eigenvalue weighted by Gasteiger charge is -2.09. The van der Waals surface area contributed by atoms with E-state index < -0.39 is 0 Å². The Kier molecular flexibility index (Phi) is 6.75. The number of halogens is 1. The summed E-state index contributed by atoms with van der Waals surface area (Å²) in [7, 11) is 0. The van der Waals surface area contributed by atoms with Gasteiger partial charge in [0.15, 0.2) is 0 Å². The molecule has 5 heteroatoms. The Balaban J connectivity index is 1.54. The zero-order chi connectivity index (χ0) is 14.2. The average molecular weight is 389 g/mol. The van der Waals surface area contributed by atoms with Crippen LogP contribution in [0.4, 0.5) is 0 Å². The van der Waals surface area contributed by atoms with E-state index in [0.29, 0.717) is 24.6 Å². The molecule has 110 valence electrons. The maximum atomic E-state index is 11.8. The molecule has 1 aliphatic heterocycles. The van der Waals surface area contributed by atoms with Gasteiger partial charge < -0.3 is 14.8 Å². The molecule has 1 aromatic carbocycles. The van der Waals surface area contributed by atoms with E-state index in [9.17, 15) is 4.79 Å². The highest BCUT2D eigenvalue weighted by molar-refractivity contribution is 14.1. The van der Waals surface area contributed by atoms with Crippen molar-refractivity contribution in [3.63, 3.8) is 0 Å². The van der Waals surface area contributed by atoms with Gasteiger partial charge in [0.25, 0.3) is 5.91 Å². The lowest BCUT2D eigenvalue weighted by atomic mass is 10.1. The van der Waals surface area contributed by atoms with Gasteiger partial charge in [0.2, 0.25) is 0 Å². The quantitative estimate of drug-likeness (QED) is 0.576. The van der Waals surface area contributed by atoms with Gasteiger partial charge in [-0.05, 0) is 59.7 Å². The predicted molar refractivity (Wildman–Crippen MR) is 85.9 cm³/mol. The fraction of sp³-hybridized carbons (Fsp3) is 0.533. The number of carbonyl (C=O) groups is 1. The number of hydrogen-bond donors (Lipinski definition) is 1. The lowest BCUT2D eigenvalue weighted by Crippen LogP contribution is -2.25.